The van der Waals surface area contributed by atoms with E-state index in [4.69, 9.17) is 4.74 Å². The summed E-state index contributed by atoms with van der Waals surface area (Å²) in [6.07, 6.45) is 0.947. The number of ether oxygens (including phenoxy) is 1. The first-order valence-electron chi connectivity index (χ1n) is 10.8. The van der Waals surface area contributed by atoms with Crippen molar-refractivity contribution in [3.63, 3.8) is 0 Å². The first-order chi connectivity index (χ1) is 16.8. The Morgan fingerprint density at radius 1 is 1.23 bits per heavy atom. The van der Waals surface area contributed by atoms with Crippen molar-refractivity contribution in [3.8, 4) is 5.75 Å². The van der Waals surface area contributed by atoms with Crippen LogP contribution in [-0.4, -0.2) is 53.3 Å². The Kier molecular flexibility index (Phi) is 7.27. The summed E-state index contributed by atoms with van der Waals surface area (Å²) in [7, 11) is 1.50. The summed E-state index contributed by atoms with van der Waals surface area (Å²) in [5, 5.41) is 16.3. The molecular weight excluding hydrogens is 480 g/mol. The zero-order valence-electron chi connectivity index (χ0n) is 18.9. The summed E-state index contributed by atoms with van der Waals surface area (Å²) < 4.78 is 33.5. The maximum absolute atomic E-state index is 14.0. The number of aromatic hydroxyl groups is 1. The number of hydrogen-bond acceptors (Lipinski definition) is 7. The van der Waals surface area contributed by atoms with Crippen molar-refractivity contribution in [2.45, 2.75) is 19.4 Å². The minimum absolute atomic E-state index is 0.0603. The lowest BCUT2D eigenvalue weighted by molar-refractivity contribution is 0.0619. The zero-order valence-corrected chi connectivity index (χ0v) is 19.7. The van der Waals surface area contributed by atoms with Gasteiger partial charge < -0.3 is 14.7 Å². The summed E-state index contributed by atoms with van der Waals surface area (Å²) in [5.41, 5.74) is -0.459. The maximum Gasteiger partial charge on any atom is 0.277 e. The van der Waals surface area contributed by atoms with Crippen molar-refractivity contribution in [3.05, 3.63) is 85.5 Å². The van der Waals surface area contributed by atoms with E-state index >= 15 is 0 Å². The molecule has 0 saturated heterocycles. The number of amides is 1. The highest BCUT2D eigenvalue weighted by Gasteiger charge is 2.34. The maximum atomic E-state index is 14.0. The van der Waals surface area contributed by atoms with E-state index in [0.29, 0.717) is 6.54 Å². The number of pyridine rings is 1. The van der Waals surface area contributed by atoms with Gasteiger partial charge in [0.15, 0.2) is 17.2 Å². The van der Waals surface area contributed by atoms with Crippen molar-refractivity contribution in [1.29, 1.82) is 0 Å². The summed E-state index contributed by atoms with van der Waals surface area (Å²) in [6, 6.07) is 4.96. The van der Waals surface area contributed by atoms with E-state index in [2.05, 4.69) is 0 Å². The van der Waals surface area contributed by atoms with Gasteiger partial charge in [0.2, 0.25) is 5.43 Å². The molecule has 11 heteroatoms. The number of methoxy groups -OCH3 is 1. The number of Topliss-reactive ketones (excluding diaryl/α,β-unsaturated/α-hetero) is 1. The fraction of sp³-hybridized carbons (Fsp3) is 0.292. The highest BCUT2D eigenvalue weighted by molar-refractivity contribution is 7.07. The van der Waals surface area contributed by atoms with Crippen LogP contribution in [0, 0.1) is 11.6 Å². The van der Waals surface area contributed by atoms with Crippen molar-refractivity contribution in [2.24, 2.45) is 0 Å². The van der Waals surface area contributed by atoms with Crippen molar-refractivity contribution < 1.29 is 28.2 Å². The molecule has 1 aliphatic rings. The van der Waals surface area contributed by atoms with Crippen LogP contribution in [0.3, 0.4) is 0 Å². The SMILES string of the molecule is COCCN1CN(Cc2ccsc2)n2cc(C(=O)CCc3ccc(F)cc3F)c(=O)c(O)c2C1=O. The van der Waals surface area contributed by atoms with Crippen LogP contribution in [0.5, 0.6) is 5.75 Å². The van der Waals surface area contributed by atoms with Gasteiger partial charge in [-0.3, -0.25) is 24.1 Å². The molecule has 35 heavy (non-hydrogen) atoms. The molecule has 0 aliphatic carbocycles. The van der Waals surface area contributed by atoms with Gasteiger partial charge in [0.05, 0.1) is 18.7 Å². The van der Waals surface area contributed by atoms with Gasteiger partial charge in [0.25, 0.3) is 5.91 Å². The van der Waals surface area contributed by atoms with Gasteiger partial charge in [-0.2, -0.15) is 11.3 Å². The molecule has 0 saturated carbocycles. The number of fused-ring (bicyclic) bond motifs is 1. The Hall–Kier alpha value is -3.57. The summed E-state index contributed by atoms with van der Waals surface area (Å²) in [6.45, 7) is 0.998. The Morgan fingerprint density at radius 2 is 2.03 bits per heavy atom. The number of hydrogen-bond donors (Lipinski definition) is 1. The van der Waals surface area contributed by atoms with E-state index in [1.165, 1.54) is 40.3 Å². The predicted molar refractivity (Wildman–Crippen MR) is 125 cm³/mol. The van der Waals surface area contributed by atoms with Gasteiger partial charge in [-0.05, 0) is 40.4 Å². The van der Waals surface area contributed by atoms with Crippen LogP contribution in [0.2, 0.25) is 0 Å². The molecule has 4 rings (SSSR count). The standard InChI is InChI=1S/C24H23F2N3O5S/c1-34-8-7-27-14-28(11-15-6-9-35-13-15)29-12-18(22(31)23(32)21(29)24(27)33)20(30)5-3-16-2-4-17(25)10-19(16)26/h2,4,6,9-10,12-13,32H,3,5,7-8,11,14H2,1H3. The second-order valence-electron chi connectivity index (χ2n) is 8.07. The van der Waals surface area contributed by atoms with Crippen LogP contribution in [0.1, 0.15) is 38.4 Å². The summed E-state index contributed by atoms with van der Waals surface area (Å²) in [5.74, 6) is -3.54. The first kappa shape index (κ1) is 24.6. The van der Waals surface area contributed by atoms with E-state index in [-0.39, 0.29) is 49.5 Å². The van der Waals surface area contributed by atoms with Gasteiger partial charge in [-0.25, -0.2) is 8.78 Å². The van der Waals surface area contributed by atoms with Crippen LogP contribution < -0.4 is 10.4 Å². The summed E-state index contributed by atoms with van der Waals surface area (Å²) in [4.78, 5) is 40.3. The quantitative estimate of drug-likeness (QED) is 0.452. The number of aromatic nitrogens is 1. The highest BCUT2D eigenvalue weighted by atomic mass is 32.1. The minimum atomic E-state index is -0.974. The lowest BCUT2D eigenvalue weighted by atomic mass is 10.0. The van der Waals surface area contributed by atoms with Crippen LogP contribution in [0.25, 0.3) is 0 Å². The van der Waals surface area contributed by atoms with Gasteiger partial charge in [-0.1, -0.05) is 6.07 Å². The van der Waals surface area contributed by atoms with Gasteiger partial charge in [-0.15, -0.1) is 0 Å². The average molecular weight is 504 g/mol. The molecular formula is C24H23F2N3O5S. The average Bonchev–Trinajstić information content (AvgIpc) is 3.34. The third-order valence-corrected chi connectivity index (χ3v) is 6.47. The van der Waals surface area contributed by atoms with E-state index in [1.54, 1.807) is 5.01 Å². The molecule has 0 radical (unpaired) electrons. The molecule has 1 N–H and O–H groups in total. The number of ketones is 1. The van der Waals surface area contributed by atoms with E-state index in [1.807, 2.05) is 16.8 Å². The molecule has 0 atom stereocenters. The molecule has 0 spiro atoms. The van der Waals surface area contributed by atoms with Crippen molar-refractivity contribution in [2.75, 3.05) is 31.9 Å². The number of carbonyl (C=O) groups excluding carboxylic acids is 2. The Morgan fingerprint density at radius 3 is 2.71 bits per heavy atom. The molecule has 1 aromatic carbocycles. The monoisotopic (exact) mass is 503 g/mol. The van der Waals surface area contributed by atoms with Crippen LogP contribution in [0.4, 0.5) is 8.78 Å². The fourth-order valence-electron chi connectivity index (χ4n) is 3.89. The van der Waals surface area contributed by atoms with Crippen LogP contribution in [0.15, 0.2) is 46.0 Å². The number of halogens is 2. The number of carbonyl (C=O) groups is 2. The van der Waals surface area contributed by atoms with Crippen LogP contribution in [-0.2, 0) is 17.7 Å². The second-order valence-corrected chi connectivity index (χ2v) is 8.85. The number of rotatable bonds is 9. The second kappa shape index (κ2) is 10.4. The number of aryl methyl sites for hydroxylation is 1. The zero-order chi connectivity index (χ0) is 25.1. The van der Waals surface area contributed by atoms with Gasteiger partial charge in [0.1, 0.15) is 18.3 Å². The predicted octanol–water partition coefficient (Wildman–Crippen LogP) is 2.91. The molecule has 1 amide bonds. The molecule has 3 heterocycles. The lowest BCUT2D eigenvalue weighted by Gasteiger charge is -2.39. The largest absolute Gasteiger partial charge is 0.502 e. The van der Waals surface area contributed by atoms with E-state index in [0.717, 1.165) is 17.7 Å². The van der Waals surface area contributed by atoms with E-state index < -0.39 is 34.5 Å². The Labute approximate surface area is 203 Å². The topological polar surface area (TPSA) is 92.1 Å². The molecule has 8 nitrogen and oxygen atoms in total. The molecule has 3 aromatic rings. The third-order valence-electron chi connectivity index (χ3n) is 5.74. The van der Waals surface area contributed by atoms with Crippen LogP contribution >= 0.6 is 11.3 Å². The fourth-order valence-corrected chi connectivity index (χ4v) is 4.55. The first-order valence-corrected chi connectivity index (χ1v) is 11.7. The Balaban J connectivity index is 1.68. The van der Waals surface area contributed by atoms with Crippen molar-refractivity contribution in [1.82, 2.24) is 9.58 Å². The lowest BCUT2D eigenvalue weighted by Crippen LogP contribution is -2.54. The smallest absolute Gasteiger partial charge is 0.277 e. The Bertz CT molecular complexity index is 1310. The molecule has 184 valence electrons. The number of thiophene rings is 1. The number of nitrogens with zero attached hydrogens (tertiary/aromatic N) is 3. The van der Waals surface area contributed by atoms with Gasteiger partial charge in [0, 0.05) is 32.3 Å². The summed E-state index contributed by atoms with van der Waals surface area (Å²) >= 11 is 1.50. The molecule has 2 aromatic heterocycles. The van der Waals surface area contributed by atoms with E-state index in [9.17, 15) is 28.3 Å². The third kappa shape index (κ3) is 5.10. The van der Waals surface area contributed by atoms with Gasteiger partial charge >= 0.3 is 0 Å². The molecule has 0 fully saturated rings. The normalized spacial score (nSPS) is 13.3. The van der Waals surface area contributed by atoms with Crippen molar-refractivity contribution >= 4 is 23.0 Å². The molecule has 0 bridgehead atoms. The number of benzene rings is 1. The molecule has 1 aliphatic heterocycles. The highest BCUT2D eigenvalue weighted by Crippen LogP contribution is 2.24. The molecule has 0 unspecified atom stereocenters. The minimum Gasteiger partial charge on any atom is -0.502 e.